The Hall–Kier alpha value is -1.60. The zero-order chi connectivity index (χ0) is 15.1. The second kappa shape index (κ2) is 5.06. The van der Waals surface area contributed by atoms with E-state index in [1.807, 2.05) is 0 Å². The standard InChI is InChI=1S/C13H19N3O3S/c1-8-3-4-11(14)9(2)12(8)20(18,19)16-6-5-10(7-16)13(15)17/h3-4,10H,5-7,14H2,1-2H3,(H2,15,17). The molecule has 1 aromatic rings. The number of nitrogen functional groups attached to an aromatic ring is 1. The van der Waals surface area contributed by atoms with Crippen molar-refractivity contribution in [3.05, 3.63) is 23.3 Å². The Morgan fingerprint density at radius 3 is 2.55 bits per heavy atom. The van der Waals surface area contributed by atoms with Gasteiger partial charge in [0, 0.05) is 18.8 Å². The van der Waals surface area contributed by atoms with Crippen molar-refractivity contribution in [3.8, 4) is 0 Å². The molecule has 1 aliphatic heterocycles. The van der Waals surface area contributed by atoms with Crippen LogP contribution in [0.3, 0.4) is 0 Å². The molecule has 1 fully saturated rings. The predicted octanol–water partition coefficient (Wildman–Crippen LogP) is 0.382. The van der Waals surface area contributed by atoms with Crippen LogP contribution in [0.2, 0.25) is 0 Å². The number of primary amides is 1. The van der Waals surface area contributed by atoms with Crippen molar-refractivity contribution < 1.29 is 13.2 Å². The van der Waals surface area contributed by atoms with Crippen LogP contribution in [0.15, 0.2) is 17.0 Å². The Balaban J connectivity index is 2.43. The van der Waals surface area contributed by atoms with Gasteiger partial charge in [-0.3, -0.25) is 4.79 Å². The molecule has 1 saturated heterocycles. The van der Waals surface area contributed by atoms with Gasteiger partial charge in [-0.1, -0.05) is 6.07 Å². The van der Waals surface area contributed by atoms with Crippen LogP contribution in [0.4, 0.5) is 5.69 Å². The fourth-order valence-corrected chi connectivity index (χ4v) is 4.51. The van der Waals surface area contributed by atoms with Gasteiger partial charge in [-0.15, -0.1) is 0 Å². The lowest BCUT2D eigenvalue weighted by molar-refractivity contribution is -0.121. The Kier molecular flexibility index (Phi) is 3.75. The van der Waals surface area contributed by atoms with E-state index in [0.717, 1.165) is 0 Å². The van der Waals surface area contributed by atoms with Crippen LogP contribution >= 0.6 is 0 Å². The molecule has 6 nitrogen and oxygen atoms in total. The molecule has 1 atom stereocenters. The molecule has 1 aliphatic rings. The minimum Gasteiger partial charge on any atom is -0.398 e. The predicted molar refractivity (Wildman–Crippen MR) is 76.4 cm³/mol. The van der Waals surface area contributed by atoms with E-state index in [-0.39, 0.29) is 11.4 Å². The number of carbonyl (C=O) groups is 1. The van der Waals surface area contributed by atoms with Crippen LogP contribution in [0.5, 0.6) is 0 Å². The van der Waals surface area contributed by atoms with Gasteiger partial charge in [-0.2, -0.15) is 4.31 Å². The van der Waals surface area contributed by atoms with Gasteiger partial charge in [0.25, 0.3) is 0 Å². The smallest absolute Gasteiger partial charge is 0.243 e. The summed E-state index contributed by atoms with van der Waals surface area (Å²) in [6.45, 7) is 3.88. The van der Waals surface area contributed by atoms with Gasteiger partial charge in [-0.05, 0) is 37.5 Å². The summed E-state index contributed by atoms with van der Waals surface area (Å²) >= 11 is 0. The van der Waals surface area contributed by atoms with Crippen molar-refractivity contribution in [2.24, 2.45) is 11.7 Å². The first kappa shape index (κ1) is 14.8. The number of amides is 1. The highest BCUT2D eigenvalue weighted by Crippen LogP contribution is 2.30. The zero-order valence-corrected chi connectivity index (χ0v) is 12.4. The third-order valence-electron chi connectivity index (χ3n) is 3.80. The second-order valence-electron chi connectivity index (χ2n) is 5.18. The highest BCUT2D eigenvalue weighted by atomic mass is 32.2. The minimum absolute atomic E-state index is 0.144. The van der Waals surface area contributed by atoms with Crippen LogP contribution in [0, 0.1) is 19.8 Å². The number of carbonyl (C=O) groups excluding carboxylic acids is 1. The van der Waals surface area contributed by atoms with Crippen LogP contribution in [-0.4, -0.2) is 31.7 Å². The minimum atomic E-state index is -3.64. The van der Waals surface area contributed by atoms with Gasteiger partial charge in [0.15, 0.2) is 0 Å². The zero-order valence-electron chi connectivity index (χ0n) is 11.6. The van der Waals surface area contributed by atoms with Crippen molar-refractivity contribution in [1.29, 1.82) is 0 Å². The molecule has 0 saturated carbocycles. The molecule has 4 N–H and O–H groups in total. The number of sulfonamides is 1. The number of nitrogens with zero attached hydrogens (tertiary/aromatic N) is 1. The molecule has 110 valence electrons. The first-order valence-electron chi connectivity index (χ1n) is 6.40. The topological polar surface area (TPSA) is 106 Å². The molecule has 0 bridgehead atoms. The lowest BCUT2D eigenvalue weighted by atomic mass is 10.1. The first-order valence-corrected chi connectivity index (χ1v) is 7.84. The second-order valence-corrected chi connectivity index (χ2v) is 7.05. The number of anilines is 1. The van der Waals surface area contributed by atoms with Gasteiger partial charge in [0.1, 0.15) is 0 Å². The lowest BCUT2D eigenvalue weighted by Gasteiger charge is -2.20. The summed E-state index contributed by atoms with van der Waals surface area (Å²) in [6, 6.07) is 3.39. The first-order chi connectivity index (χ1) is 9.25. The van der Waals surface area contributed by atoms with E-state index in [4.69, 9.17) is 11.5 Å². The van der Waals surface area contributed by atoms with Crippen molar-refractivity contribution in [2.45, 2.75) is 25.2 Å². The molecule has 0 aromatic heterocycles. The van der Waals surface area contributed by atoms with E-state index >= 15 is 0 Å². The monoisotopic (exact) mass is 297 g/mol. The highest BCUT2D eigenvalue weighted by Gasteiger charge is 2.36. The fourth-order valence-electron chi connectivity index (χ4n) is 2.55. The summed E-state index contributed by atoms with van der Waals surface area (Å²) in [6.07, 6.45) is 0.467. The molecule has 0 aliphatic carbocycles. The number of nitrogens with two attached hydrogens (primary N) is 2. The number of hydrogen-bond donors (Lipinski definition) is 2. The Morgan fingerprint density at radius 1 is 1.35 bits per heavy atom. The number of benzene rings is 1. The molecule has 1 amide bonds. The highest BCUT2D eigenvalue weighted by molar-refractivity contribution is 7.89. The SMILES string of the molecule is Cc1ccc(N)c(C)c1S(=O)(=O)N1CCC(C(N)=O)C1. The van der Waals surface area contributed by atoms with Gasteiger partial charge in [0.05, 0.1) is 10.8 Å². The average molecular weight is 297 g/mol. The maximum Gasteiger partial charge on any atom is 0.243 e. The van der Waals surface area contributed by atoms with Gasteiger partial charge in [0.2, 0.25) is 15.9 Å². The lowest BCUT2D eigenvalue weighted by Crippen LogP contribution is -2.32. The Morgan fingerprint density at radius 2 is 2.00 bits per heavy atom. The normalized spacial score (nSPS) is 20.2. The van der Waals surface area contributed by atoms with E-state index in [2.05, 4.69) is 0 Å². The Labute approximate surface area is 118 Å². The summed E-state index contributed by atoms with van der Waals surface area (Å²) in [7, 11) is -3.64. The van der Waals surface area contributed by atoms with E-state index < -0.39 is 21.8 Å². The van der Waals surface area contributed by atoms with Crippen LogP contribution in [-0.2, 0) is 14.8 Å². The van der Waals surface area contributed by atoms with Crippen molar-refractivity contribution >= 4 is 21.6 Å². The third-order valence-corrected chi connectivity index (χ3v) is 5.95. The summed E-state index contributed by atoms with van der Waals surface area (Å²) in [5.41, 5.74) is 12.7. The summed E-state index contributed by atoms with van der Waals surface area (Å²) in [5.74, 6) is -0.866. The van der Waals surface area contributed by atoms with Gasteiger partial charge in [-0.25, -0.2) is 8.42 Å². The molecule has 20 heavy (non-hydrogen) atoms. The number of aryl methyl sites for hydroxylation is 1. The molecular weight excluding hydrogens is 278 g/mol. The van der Waals surface area contributed by atoms with E-state index in [1.54, 1.807) is 26.0 Å². The molecule has 2 rings (SSSR count). The number of rotatable bonds is 3. The van der Waals surface area contributed by atoms with Crippen molar-refractivity contribution in [2.75, 3.05) is 18.8 Å². The Bertz CT molecular complexity index is 655. The largest absolute Gasteiger partial charge is 0.398 e. The molecule has 7 heteroatoms. The van der Waals surface area contributed by atoms with Gasteiger partial charge < -0.3 is 11.5 Å². The summed E-state index contributed by atoms with van der Waals surface area (Å²) in [5, 5.41) is 0. The van der Waals surface area contributed by atoms with Crippen LogP contribution < -0.4 is 11.5 Å². The van der Waals surface area contributed by atoms with Gasteiger partial charge >= 0.3 is 0 Å². The fraction of sp³-hybridized carbons (Fsp3) is 0.462. The van der Waals surface area contributed by atoms with Crippen molar-refractivity contribution in [3.63, 3.8) is 0 Å². The van der Waals surface area contributed by atoms with E-state index in [0.29, 0.717) is 29.8 Å². The summed E-state index contributed by atoms with van der Waals surface area (Å²) < 4.78 is 26.7. The molecule has 1 aromatic carbocycles. The maximum absolute atomic E-state index is 12.7. The molecule has 0 spiro atoms. The van der Waals surface area contributed by atoms with Crippen LogP contribution in [0.1, 0.15) is 17.5 Å². The summed E-state index contributed by atoms with van der Waals surface area (Å²) in [4.78, 5) is 11.4. The quantitative estimate of drug-likeness (QED) is 0.786. The molecule has 1 unspecified atom stereocenters. The molecular formula is C13H19N3O3S. The molecule has 0 radical (unpaired) electrons. The number of hydrogen-bond acceptors (Lipinski definition) is 4. The van der Waals surface area contributed by atoms with Crippen molar-refractivity contribution in [1.82, 2.24) is 4.31 Å². The molecule has 1 heterocycles. The van der Waals surface area contributed by atoms with E-state index in [1.165, 1.54) is 4.31 Å². The van der Waals surface area contributed by atoms with E-state index in [9.17, 15) is 13.2 Å². The average Bonchev–Trinajstić information content (AvgIpc) is 2.84. The third kappa shape index (κ3) is 2.38. The maximum atomic E-state index is 12.7. The van der Waals surface area contributed by atoms with Crippen LogP contribution in [0.25, 0.3) is 0 Å².